The number of rotatable bonds is 3. The molecule has 2 amide bonds. The van der Waals surface area contributed by atoms with Gasteiger partial charge in [-0.05, 0) is 54.8 Å². The molecular weight excluding hydrogens is 374 g/mol. The molecule has 0 spiro atoms. The number of hydrogen-bond donors (Lipinski definition) is 0. The maximum Gasteiger partial charge on any atom is 0.228 e. The van der Waals surface area contributed by atoms with Crippen molar-refractivity contribution in [2.24, 2.45) is 5.92 Å². The van der Waals surface area contributed by atoms with E-state index in [1.54, 1.807) is 29.2 Å². The zero-order valence-electron chi connectivity index (χ0n) is 16.2. The van der Waals surface area contributed by atoms with Crippen LogP contribution in [0.1, 0.15) is 37.2 Å². The monoisotopic (exact) mass is 398 g/mol. The summed E-state index contributed by atoms with van der Waals surface area (Å²) in [6, 6.07) is 12.3. The summed E-state index contributed by atoms with van der Waals surface area (Å²) >= 11 is 0. The minimum Gasteiger partial charge on any atom is -0.342 e. The zero-order chi connectivity index (χ0) is 20.4. The van der Waals surface area contributed by atoms with Gasteiger partial charge in [0.15, 0.2) is 0 Å². The van der Waals surface area contributed by atoms with E-state index in [2.05, 4.69) is 0 Å². The average molecular weight is 398 g/mol. The number of amides is 2. The maximum absolute atomic E-state index is 13.3. The van der Waals surface area contributed by atoms with Crippen molar-refractivity contribution in [3.05, 3.63) is 65.7 Å². The van der Waals surface area contributed by atoms with Crippen LogP contribution in [0.15, 0.2) is 48.5 Å². The van der Waals surface area contributed by atoms with Gasteiger partial charge >= 0.3 is 0 Å². The second-order valence-corrected chi connectivity index (χ2v) is 7.91. The van der Waals surface area contributed by atoms with Gasteiger partial charge in [0.25, 0.3) is 0 Å². The van der Waals surface area contributed by atoms with Gasteiger partial charge in [0.05, 0.1) is 5.92 Å². The lowest BCUT2D eigenvalue weighted by atomic mass is 9.94. The van der Waals surface area contributed by atoms with E-state index in [1.807, 2.05) is 4.90 Å². The Balaban J connectivity index is 1.46. The van der Waals surface area contributed by atoms with Gasteiger partial charge < -0.3 is 9.80 Å². The predicted molar refractivity (Wildman–Crippen MR) is 106 cm³/mol. The topological polar surface area (TPSA) is 40.6 Å². The number of likely N-dealkylation sites (tertiary alicyclic amines) is 1. The molecule has 0 N–H and O–H groups in total. The second kappa shape index (κ2) is 8.31. The van der Waals surface area contributed by atoms with Gasteiger partial charge in [-0.1, -0.05) is 18.6 Å². The summed E-state index contributed by atoms with van der Waals surface area (Å²) in [6.45, 7) is 1.59. The number of carbonyl (C=O) groups is 2. The molecule has 2 atom stereocenters. The molecule has 0 bridgehead atoms. The first-order valence-electron chi connectivity index (χ1n) is 10.1. The van der Waals surface area contributed by atoms with E-state index in [0.29, 0.717) is 25.3 Å². The average Bonchev–Trinajstić information content (AvgIpc) is 2.95. The van der Waals surface area contributed by atoms with Crippen LogP contribution in [0.5, 0.6) is 0 Å². The highest BCUT2D eigenvalue weighted by atomic mass is 19.1. The van der Waals surface area contributed by atoms with Gasteiger partial charge in [-0.25, -0.2) is 8.78 Å². The molecule has 2 aromatic carbocycles. The van der Waals surface area contributed by atoms with Crippen molar-refractivity contribution in [3.63, 3.8) is 0 Å². The SMILES string of the molecule is O=C(C1CC(=O)N(c2ccc(F)cc2)C1)N1CCCCC(c2ccc(F)cc2)C1. The molecule has 2 fully saturated rings. The van der Waals surface area contributed by atoms with Crippen molar-refractivity contribution in [1.29, 1.82) is 0 Å². The third kappa shape index (κ3) is 4.31. The Morgan fingerprint density at radius 3 is 2.24 bits per heavy atom. The third-order valence-corrected chi connectivity index (χ3v) is 5.94. The molecule has 2 aliphatic rings. The van der Waals surface area contributed by atoms with E-state index in [-0.39, 0.29) is 41.7 Å². The van der Waals surface area contributed by atoms with Crippen LogP contribution in [0.3, 0.4) is 0 Å². The predicted octanol–water partition coefficient (Wildman–Crippen LogP) is 4.11. The number of benzene rings is 2. The maximum atomic E-state index is 13.3. The van der Waals surface area contributed by atoms with E-state index in [0.717, 1.165) is 24.8 Å². The zero-order valence-corrected chi connectivity index (χ0v) is 16.2. The van der Waals surface area contributed by atoms with E-state index in [9.17, 15) is 18.4 Å². The van der Waals surface area contributed by atoms with E-state index < -0.39 is 0 Å². The third-order valence-electron chi connectivity index (χ3n) is 5.94. The Morgan fingerprint density at radius 1 is 0.897 bits per heavy atom. The Bertz CT molecular complexity index is 883. The van der Waals surface area contributed by atoms with E-state index in [1.165, 1.54) is 24.3 Å². The normalized spacial score (nSPS) is 22.6. The molecule has 2 heterocycles. The summed E-state index contributed by atoms with van der Waals surface area (Å²) in [7, 11) is 0. The number of anilines is 1. The van der Waals surface area contributed by atoms with Gasteiger partial charge in [-0.2, -0.15) is 0 Å². The second-order valence-electron chi connectivity index (χ2n) is 7.91. The Kier molecular flexibility index (Phi) is 5.60. The number of halogens is 2. The summed E-state index contributed by atoms with van der Waals surface area (Å²) in [4.78, 5) is 29.1. The van der Waals surface area contributed by atoms with E-state index in [4.69, 9.17) is 0 Å². The molecule has 0 aromatic heterocycles. The lowest BCUT2D eigenvalue weighted by Gasteiger charge is -2.27. The number of nitrogens with zero attached hydrogens (tertiary/aromatic N) is 2. The molecule has 152 valence electrons. The van der Waals surface area contributed by atoms with Crippen molar-refractivity contribution in [1.82, 2.24) is 4.90 Å². The van der Waals surface area contributed by atoms with Gasteiger partial charge in [0.1, 0.15) is 11.6 Å². The Morgan fingerprint density at radius 2 is 1.55 bits per heavy atom. The first-order valence-corrected chi connectivity index (χ1v) is 10.1. The first-order chi connectivity index (χ1) is 14.0. The number of hydrogen-bond acceptors (Lipinski definition) is 2. The molecular formula is C23H24F2N2O2. The molecule has 29 heavy (non-hydrogen) atoms. The van der Waals surface area contributed by atoms with Crippen LogP contribution in [-0.2, 0) is 9.59 Å². The Hall–Kier alpha value is -2.76. The van der Waals surface area contributed by atoms with Gasteiger partial charge in [-0.3, -0.25) is 9.59 Å². The fraction of sp³-hybridized carbons (Fsp3) is 0.391. The van der Waals surface area contributed by atoms with Gasteiger partial charge in [-0.15, -0.1) is 0 Å². The largest absolute Gasteiger partial charge is 0.342 e. The smallest absolute Gasteiger partial charge is 0.228 e. The summed E-state index contributed by atoms with van der Waals surface area (Å²) in [5, 5.41) is 0. The fourth-order valence-corrected chi connectivity index (χ4v) is 4.35. The first kappa shape index (κ1) is 19.6. The number of carbonyl (C=O) groups excluding carboxylic acids is 2. The summed E-state index contributed by atoms with van der Waals surface area (Å²) < 4.78 is 26.4. The van der Waals surface area contributed by atoms with Gasteiger partial charge in [0.2, 0.25) is 11.8 Å². The lowest BCUT2D eigenvalue weighted by Crippen LogP contribution is -2.39. The van der Waals surface area contributed by atoms with Crippen LogP contribution in [0.25, 0.3) is 0 Å². The quantitative estimate of drug-likeness (QED) is 0.781. The highest BCUT2D eigenvalue weighted by molar-refractivity contribution is 6.00. The van der Waals surface area contributed by atoms with Crippen LogP contribution < -0.4 is 4.90 Å². The van der Waals surface area contributed by atoms with E-state index >= 15 is 0 Å². The van der Waals surface area contributed by atoms with Crippen molar-refractivity contribution < 1.29 is 18.4 Å². The van der Waals surface area contributed by atoms with Crippen LogP contribution in [0.4, 0.5) is 14.5 Å². The molecule has 2 saturated heterocycles. The highest BCUT2D eigenvalue weighted by Gasteiger charge is 2.38. The molecule has 0 saturated carbocycles. The van der Waals surface area contributed by atoms with Crippen LogP contribution in [0.2, 0.25) is 0 Å². The molecule has 4 rings (SSSR count). The van der Waals surface area contributed by atoms with Crippen molar-refractivity contribution in [2.45, 2.75) is 31.6 Å². The molecule has 2 unspecified atom stereocenters. The van der Waals surface area contributed by atoms with Gasteiger partial charge in [0, 0.05) is 37.7 Å². The highest BCUT2D eigenvalue weighted by Crippen LogP contribution is 2.30. The minimum atomic E-state index is -0.389. The Labute approximate surface area is 169 Å². The summed E-state index contributed by atoms with van der Waals surface area (Å²) in [6.07, 6.45) is 3.07. The van der Waals surface area contributed by atoms with Crippen LogP contribution in [-0.4, -0.2) is 36.3 Å². The van der Waals surface area contributed by atoms with Crippen molar-refractivity contribution >= 4 is 17.5 Å². The lowest BCUT2D eigenvalue weighted by molar-refractivity contribution is -0.135. The molecule has 2 aromatic rings. The fourth-order valence-electron chi connectivity index (χ4n) is 4.35. The summed E-state index contributed by atoms with van der Waals surface area (Å²) in [5.74, 6) is -0.950. The minimum absolute atomic E-state index is 0.00280. The molecule has 0 aliphatic carbocycles. The molecule has 6 heteroatoms. The van der Waals surface area contributed by atoms with Crippen molar-refractivity contribution in [3.8, 4) is 0 Å². The standard InChI is InChI=1S/C23H24F2N2O2/c24-19-6-4-16(5-7-19)17-3-1-2-12-26(14-17)23(29)18-13-22(28)27(15-18)21-10-8-20(25)9-11-21/h4-11,17-18H,1-3,12-15H2. The van der Waals surface area contributed by atoms with Crippen LogP contribution >= 0.6 is 0 Å². The molecule has 0 radical (unpaired) electrons. The summed E-state index contributed by atoms with van der Waals surface area (Å²) in [5.41, 5.74) is 1.66. The molecule has 2 aliphatic heterocycles. The van der Waals surface area contributed by atoms with Crippen LogP contribution in [0, 0.1) is 17.6 Å². The van der Waals surface area contributed by atoms with Crippen molar-refractivity contribution in [2.75, 3.05) is 24.5 Å². The molecule has 4 nitrogen and oxygen atoms in total.